The highest BCUT2D eigenvalue weighted by Crippen LogP contribution is 2.18. The molecule has 82 valence electrons. The topological polar surface area (TPSA) is 48.4 Å². The van der Waals surface area contributed by atoms with Crippen molar-refractivity contribution in [1.29, 1.82) is 0 Å². The van der Waals surface area contributed by atoms with Gasteiger partial charge in [-0.15, -0.1) is 0 Å². The van der Waals surface area contributed by atoms with Crippen molar-refractivity contribution in [3.8, 4) is 0 Å². The van der Waals surface area contributed by atoms with E-state index in [-0.39, 0.29) is 0 Å². The maximum Gasteiger partial charge on any atom is 0.0932 e. The van der Waals surface area contributed by atoms with Crippen molar-refractivity contribution in [2.45, 2.75) is 13.0 Å². The van der Waals surface area contributed by atoms with Gasteiger partial charge < -0.3 is 15.3 Å². The molecule has 0 aromatic carbocycles. The first kappa shape index (κ1) is 10.4. The quantitative estimate of drug-likeness (QED) is 0.743. The van der Waals surface area contributed by atoms with Gasteiger partial charge in [-0.2, -0.15) is 0 Å². The van der Waals surface area contributed by atoms with E-state index in [1.807, 2.05) is 12.1 Å². The van der Waals surface area contributed by atoms with E-state index in [1.54, 1.807) is 13.1 Å². The van der Waals surface area contributed by atoms with Gasteiger partial charge in [0, 0.05) is 38.1 Å². The summed E-state index contributed by atoms with van der Waals surface area (Å²) in [5.74, 6) is 0. The third kappa shape index (κ3) is 2.46. The van der Waals surface area contributed by atoms with Crippen molar-refractivity contribution < 1.29 is 5.11 Å². The summed E-state index contributed by atoms with van der Waals surface area (Å²) in [5, 5.41) is 12.8. The van der Waals surface area contributed by atoms with Crippen molar-refractivity contribution in [1.82, 2.24) is 10.3 Å². The van der Waals surface area contributed by atoms with Crippen LogP contribution in [-0.4, -0.2) is 36.3 Å². The van der Waals surface area contributed by atoms with E-state index in [2.05, 4.69) is 15.2 Å². The molecule has 2 heterocycles. The minimum atomic E-state index is -0.493. The summed E-state index contributed by atoms with van der Waals surface area (Å²) in [7, 11) is 0. The lowest BCUT2D eigenvalue weighted by Gasteiger charge is -2.29. The van der Waals surface area contributed by atoms with Crippen LogP contribution < -0.4 is 10.2 Å². The molecule has 1 aliphatic heterocycles. The Hall–Kier alpha value is -1.13. The van der Waals surface area contributed by atoms with Crippen LogP contribution in [0.4, 0.5) is 5.69 Å². The number of aromatic nitrogens is 1. The van der Waals surface area contributed by atoms with Gasteiger partial charge in [0.15, 0.2) is 0 Å². The van der Waals surface area contributed by atoms with Gasteiger partial charge in [-0.25, -0.2) is 0 Å². The molecule has 1 fully saturated rings. The molecule has 0 amide bonds. The molecule has 0 bridgehead atoms. The summed E-state index contributed by atoms with van der Waals surface area (Å²) in [6, 6.07) is 3.97. The van der Waals surface area contributed by atoms with E-state index < -0.39 is 6.10 Å². The normalized spacial score (nSPS) is 18.9. The third-order valence-corrected chi connectivity index (χ3v) is 2.67. The SMILES string of the molecule is CC(O)c1cc(N2CCNCC2)ccn1. The molecule has 2 rings (SSSR count). The lowest BCUT2D eigenvalue weighted by molar-refractivity contribution is 0.194. The first-order valence-corrected chi connectivity index (χ1v) is 5.37. The van der Waals surface area contributed by atoms with Crippen molar-refractivity contribution in [2.75, 3.05) is 31.1 Å². The number of pyridine rings is 1. The van der Waals surface area contributed by atoms with E-state index in [0.29, 0.717) is 0 Å². The van der Waals surface area contributed by atoms with Gasteiger partial charge >= 0.3 is 0 Å². The minimum Gasteiger partial charge on any atom is -0.387 e. The molecule has 1 atom stereocenters. The molecular weight excluding hydrogens is 190 g/mol. The number of hydrogen-bond acceptors (Lipinski definition) is 4. The molecule has 15 heavy (non-hydrogen) atoms. The average Bonchev–Trinajstić information content (AvgIpc) is 2.30. The van der Waals surface area contributed by atoms with Gasteiger partial charge in [0.1, 0.15) is 0 Å². The Labute approximate surface area is 89.9 Å². The fraction of sp³-hybridized carbons (Fsp3) is 0.545. The number of aliphatic hydroxyl groups is 1. The molecule has 0 saturated carbocycles. The number of aliphatic hydroxyl groups excluding tert-OH is 1. The molecule has 0 aliphatic carbocycles. The van der Waals surface area contributed by atoms with Crippen LogP contribution in [0, 0.1) is 0 Å². The van der Waals surface area contributed by atoms with E-state index in [1.165, 1.54) is 0 Å². The van der Waals surface area contributed by atoms with Gasteiger partial charge in [-0.05, 0) is 19.1 Å². The molecule has 1 aromatic heterocycles. The van der Waals surface area contributed by atoms with E-state index in [9.17, 15) is 5.11 Å². The summed E-state index contributed by atoms with van der Waals surface area (Å²) in [5.41, 5.74) is 1.90. The zero-order chi connectivity index (χ0) is 10.7. The smallest absolute Gasteiger partial charge is 0.0932 e. The second-order valence-corrected chi connectivity index (χ2v) is 3.85. The average molecular weight is 207 g/mol. The van der Waals surface area contributed by atoms with Crippen molar-refractivity contribution in [3.05, 3.63) is 24.0 Å². The summed E-state index contributed by atoms with van der Waals surface area (Å²) in [4.78, 5) is 6.45. The Morgan fingerprint density at radius 2 is 2.20 bits per heavy atom. The molecule has 4 nitrogen and oxygen atoms in total. The lowest BCUT2D eigenvalue weighted by atomic mass is 10.2. The molecular formula is C11H17N3O. The molecule has 0 radical (unpaired) electrons. The van der Waals surface area contributed by atoms with E-state index in [0.717, 1.165) is 37.6 Å². The first-order valence-electron chi connectivity index (χ1n) is 5.37. The predicted octanol–water partition coefficient (Wildman–Crippen LogP) is 0.544. The third-order valence-electron chi connectivity index (χ3n) is 2.67. The van der Waals surface area contributed by atoms with Crippen LogP contribution in [0.25, 0.3) is 0 Å². The summed E-state index contributed by atoms with van der Waals surface area (Å²) in [6.45, 7) is 5.81. The molecule has 1 aromatic rings. The van der Waals surface area contributed by atoms with Gasteiger partial charge in [-0.3, -0.25) is 4.98 Å². The highest BCUT2D eigenvalue weighted by Gasteiger charge is 2.11. The molecule has 4 heteroatoms. The molecule has 1 unspecified atom stereocenters. The summed E-state index contributed by atoms with van der Waals surface area (Å²) in [6.07, 6.45) is 1.27. The van der Waals surface area contributed by atoms with Crippen LogP contribution >= 0.6 is 0 Å². The number of piperazine rings is 1. The van der Waals surface area contributed by atoms with Crippen molar-refractivity contribution in [3.63, 3.8) is 0 Å². The van der Waals surface area contributed by atoms with Crippen LogP contribution in [-0.2, 0) is 0 Å². The van der Waals surface area contributed by atoms with Crippen LogP contribution in [0.3, 0.4) is 0 Å². The minimum absolute atomic E-state index is 0.493. The van der Waals surface area contributed by atoms with Gasteiger partial charge in [0.2, 0.25) is 0 Å². The number of nitrogens with one attached hydrogen (secondary N) is 1. The zero-order valence-electron chi connectivity index (χ0n) is 8.98. The maximum atomic E-state index is 9.45. The van der Waals surface area contributed by atoms with E-state index in [4.69, 9.17) is 0 Å². The van der Waals surface area contributed by atoms with Gasteiger partial charge in [0.05, 0.1) is 11.8 Å². The molecule has 2 N–H and O–H groups in total. The molecule has 1 aliphatic rings. The number of nitrogens with zero attached hydrogens (tertiary/aromatic N) is 2. The summed E-state index contributed by atoms with van der Waals surface area (Å²) < 4.78 is 0. The number of anilines is 1. The molecule has 0 spiro atoms. The Kier molecular flexibility index (Phi) is 3.18. The number of hydrogen-bond donors (Lipinski definition) is 2. The van der Waals surface area contributed by atoms with Crippen LogP contribution in [0.1, 0.15) is 18.7 Å². The Bertz CT molecular complexity index is 321. The van der Waals surface area contributed by atoms with E-state index >= 15 is 0 Å². The maximum absolute atomic E-state index is 9.45. The monoisotopic (exact) mass is 207 g/mol. The standard InChI is InChI=1S/C11H17N3O/c1-9(15)11-8-10(2-3-13-11)14-6-4-12-5-7-14/h2-3,8-9,12,15H,4-7H2,1H3. The summed E-state index contributed by atoms with van der Waals surface area (Å²) >= 11 is 0. The van der Waals surface area contributed by atoms with Gasteiger partial charge in [-0.1, -0.05) is 0 Å². The highest BCUT2D eigenvalue weighted by molar-refractivity contribution is 5.47. The first-order chi connectivity index (χ1) is 7.27. The van der Waals surface area contributed by atoms with Crippen molar-refractivity contribution >= 4 is 5.69 Å². The largest absolute Gasteiger partial charge is 0.387 e. The van der Waals surface area contributed by atoms with Gasteiger partial charge in [0.25, 0.3) is 0 Å². The molecule has 1 saturated heterocycles. The fourth-order valence-corrected chi connectivity index (χ4v) is 1.78. The Balaban J connectivity index is 2.16. The number of rotatable bonds is 2. The highest BCUT2D eigenvalue weighted by atomic mass is 16.3. The zero-order valence-corrected chi connectivity index (χ0v) is 8.98. The van der Waals surface area contributed by atoms with Crippen LogP contribution in [0.2, 0.25) is 0 Å². The van der Waals surface area contributed by atoms with Crippen molar-refractivity contribution in [2.24, 2.45) is 0 Å². The lowest BCUT2D eigenvalue weighted by Crippen LogP contribution is -2.43. The van der Waals surface area contributed by atoms with Crippen LogP contribution in [0.15, 0.2) is 18.3 Å². The second kappa shape index (κ2) is 4.59. The fourth-order valence-electron chi connectivity index (χ4n) is 1.78. The Morgan fingerprint density at radius 3 is 2.87 bits per heavy atom. The predicted molar refractivity (Wildman–Crippen MR) is 60.0 cm³/mol. The second-order valence-electron chi connectivity index (χ2n) is 3.85. The Morgan fingerprint density at radius 1 is 1.47 bits per heavy atom. The van der Waals surface area contributed by atoms with Crippen LogP contribution in [0.5, 0.6) is 0 Å².